The molecule has 0 aromatic carbocycles. The van der Waals surface area contributed by atoms with E-state index in [4.69, 9.17) is 9.47 Å². The average Bonchev–Trinajstić information content (AvgIpc) is 2.46. The molecule has 0 radical (unpaired) electrons. The zero-order valence-electron chi connectivity index (χ0n) is 11.4. The van der Waals surface area contributed by atoms with Crippen molar-refractivity contribution < 1.29 is 17.9 Å². The molecular weight excluding hydrogens is 268 g/mol. The summed E-state index contributed by atoms with van der Waals surface area (Å²) >= 11 is 0. The number of hydrogen-bond donors (Lipinski definition) is 0. The highest BCUT2D eigenvalue weighted by Crippen LogP contribution is 2.01. The minimum atomic E-state index is -2.95. The molecule has 0 aromatic rings. The topological polar surface area (TPSA) is 59.1 Å². The summed E-state index contributed by atoms with van der Waals surface area (Å²) in [7, 11) is -2.95. The summed E-state index contributed by atoms with van der Waals surface area (Å²) in [6.07, 6.45) is 0. The fourth-order valence-electron chi connectivity index (χ4n) is 2.29. The molecule has 2 saturated heterocycles. The first-order valence-corrected chi connectivity index (χ1v) is 8.78. The van der Waals surface area contributed by atoms with Gasteiger partial charge in [0.05, 0.1) is 37.9 Å². The van der Waals surface area contributed by atoms with Gasteiger partial charge in [-0.1, -0.05) is 0 Å². The zero-order valence-corrected chi connectivity index (χ0v) is 12.2. The largest absolute Gasteiger partial charge is 0.379 e. The van der Waals surface area contributed by atoms with Crippen LogP contribution in [0, 0.1) is 0 Å². The van der Waals surface area contributed by atoms with E-state index >= 15 is 0 Å². The van der Waals surface area contributed by atoms with Crippen molar-refractivity contribution in [2.24, 2.45) is 0 Å². The van der Waals surface area contributed by atoms with Gasteiger partial charge >= 0.3 is 0 Å². The molecule has 2 heterocycles. The second-order valence-electron chi connectivity index (χ2n) is 5.06. The molecule has 0 amide bonds. The van der Waals surface area contributed by atoms with Crippen LogP contribution in [0.4, 0.5) is 0 Å². The lowest BCUT2D eigenvalue weighted by Gasteiger charge is -2.27. The average molecular weight is 292 g/mol. The molecule has 0 unspecified atom stereocenters. The van der Waals surface area contributed by atoms with Gasteiger partial charge in [0.1, 0.15) is 0 Å². The zero-order chi connectivity index (χ0) is 13.6. The summed E-state index contributed by atoms with van der Waals surface area (Å²) in [5, 5.41) is 0. The lowest BCUT2D eigenvalue weighted by atomic mass is 10.4. The van der Waals surface area contributed by atoms with Gasteiger partial charge in [-0.3, -0.25) is 9.80 Å². The molecular formula is C12H24N2O4S. The molecule has 2 aliphatic rings. The van der Waals surface area contributed by atoms with E-state index in [2.05, 4.69) is 9.80 Å². The molecule has 2 fully saturated rings. The van der Waals surface area contributed by atoms with E-state index in [9.17, 15) is 8.42 Å². The van der Waals surface area contributed by atoms with Crippen LogP contribution in [-0.2, 0) is 19.3 Å². The lowest BCUT2D eigenvalue weighted by Crippen LogP contribution is -2.41. The first kappa shape index (κ1) is 15.2. The molecule has 0 aliphatic carbocycles. The molecule has 112 valence electrons. The minimum Gasteiger partial charge on any atom is -0.379 e. The molecule has 0 N–H and O–H groups in total. The maximum Gasteiger partial charge on any atom is 0.152 e. The summed E-state index contributed by atoms with van der Waals surface area (Å²) in [6.45, 7) is 7.52. The molecule has 0 spiro atoms. The Labute approximate surface area is 115 Å². The van der Waals surface area contributed by atoms with Crippen molar-refractivity contribution in [1.82, 2.24) is 9.80 Å². The number of nitrogens with zero attached hydrogens (tertiary/aromatic N) is 2. The van der Waals surface area contributed by atoms with Gasteiger partial charge in [-0.2, -0.15) is 0 Å². The van der Waals surface area contributed by atoms with Crippen LogP contribution in [0.15, 0.2) is 0 Å². The number of rotatable bonds is 6. The van der Waals surface area contributed by atoms with Gasteiger partial charge in [0.25, 0.3) is 0 Å². The molecule has 0 bridgehead atoms. The van der Waals surface area contributed by atoms with Crippen molar-refractivity contribution in [3.63, 3.8) is 0 Å². The summed E-state index contributed by atoms with van der Waals surface area (Å²) < 4.78 is 34.5. The fraction of sp³-hybridized carbons (Fsp3) is 1.00. The third-order valence-corrected chi connectivity index (χ3v) is 5.25. The maximum atomic E-state index is 12.0. The van der Waals surface area contributed by atoms with E-state index < -0.39 is 9.84 Å². The first-order chi connectivity index (χ1) is 9.16. The monoisotopic (exact) mass is 292 g/mol. The van der Waals surface area contributed by atoms with Crippen molar-refractivity contribution >= 4 is 9.84 Å². The third-order valence-electron chi connectivity index (χ3n) is 3.64. The van der Waals surface area contributed by atoms with Crippen molar-refractivity contribution in [2.45, 2.75) is 0 Å². The predicted octanol–water partition coefficient (Wildman–Crippen LogP) is -0.934. The number of hydrogen-bond acceptors (Lipinski definition) is 6. The fourth-order valence-corrected chi connectivity index (χ4v) is 3.56. The van der Waals surface area contributed by atoms with Crippen LogP contribution in [0.2, 0.25) is 0 Å². The van der Waals surface area contributed by atoms with Crippen molar-refractivity contribution in [3.8, 4) is 0 Å². The molecule has 19 heavy (non-hydrogen) atoms. The van der Waals surface area contributed by atoms with E-state index in [-0.39, 0.29) is 11.5 Å². The maximum absolute atomic E-state index is 12.0. The number of ether oxygens (including phenoxy) is 2. The van der Waals surface area contributed by atoms with Gasteiger partial charge in [0.15, 0.2) is 9.84 Å². The molecule has 2 aliphatic heterocycles. The highest BCUT2D eigenvalue weighted by molar-refractivity contribution is 7.91. The molecule has 7 heteroatoms. The molecule has 0 aromatic heterocycles. The third kappa shape index (κ3) is 5.74. The molecule has 6 nitrogen and oxygen atoms in total. The Morgan fingerprint density at radius 2 is 1.11 bits per heavy atom. The van der Waals surface area contributed by atoms with Gasteiger partial charge in [0.2, 0.25) is 0 Å². The highest BCUT2D eigenvalue weighted by Gasteiger charge is 2.18. The van der Waals surface area contributed by atoms with E-state index in [1.807, 2.05) is 0 Å². The predicted molar refractivity (Wildman–Crippen MR) is 73.2 cm³/mol. The van der Waals surface area contributed by atoms with Crippen molar-refractivity contribution in [1.29, 1.82) is 0 Å². The van der Waals surface area contributed by atoms with Crippen molar-refractivity contribution in [2.75, 3.05) is 77.2 Å². The number of morpholine rings is 2. The van der Waals surface area contributed by atoms with Gasteiger partial charge in [-0.25, -0.2) is 8.42 Å². The van der Waals surface area contributed by atoms with Crippen molar-refractivity contribution in [3.05, 3.63) is 0 Å². The van der Waals surface area contributed by atoms with Gasteiger partial charge in [-0.15, -0.1) is 0 Å². The molecule has 0 atom stereocenters. The van der Waals surface area contributed by atoms with Crippen LogP contribution in [0.1, 0.15) is 0 Å². The molecule has 0 saturated carbocycles. The first-order valence-electron chi connectivity index (χ1n) is 6.96. The van der Waals surface area contributed by atoms with E-state index in [1.54, 1.807) is 0 Å². The Morgan fingerprint density at radius 3 is 1.47 bits per heavy atom. The highest BCUT2D eigenvalue weighted by atomic mass is 32.2. The summed E-state index contributed by atoms with van der Waals surface area (Å²) in [5.74, 6) is 0.522. The Kier molecular flexibility index (Phi) is 6.03. The van der Waals surface area contributed by atoms with Crippen LogP contribution in [0.25, 0.3) is 0 Å². The van der Waals surface area contributed by atoms with E-state index in [0.29, 0.717) is 39.5 Å². The summed E-state index contributed by atoms with van der Waals surface area (Å²) in [4.78, 5) is 4.32. The van der Waals surface area contributed by atoms with Crippen LogP contribution in [-0.4, -0.2) is 95.4 Å². The lowest BCUT2D eigenvalue weighted by molar-refractivity contribution is 0.0401. The Bertz CT molecular complexity index is 321. The van der Waals surface area contributed by atoms with E-state index in [0.717, 1.165) is 26.2 Å². The summed E-state index contributed by atoms with van der Waals surface area (Å²) in [6, 6.07) is 0. The van der Waals surface area contributed by atoms with Gasteiger partial charge in [0, 0.05) is 39.3 Å². The SMILES string of the molecule is O=S(=O)(CCN1CCOCC1)CCN1CCOCC1. The standard InChI is InChI=1S/C12H24N2O4S/c15-19(16,11-5-13-1-7-17-8-2-13)12-6-14-3-9-18-10-4-14/h1-12H2. The quantitative estimate of drug-likeness (QED) is 0.630. The second-order valence-corrected chi connectivity index (χ2v) is 7.36. The molecule has 2 rings (SSSR count). The smallest absolute Gasteiger partial charge is 0.152 e. The van der Waals surface area contributed by atoms with Gasteiger partial charge in [-0.05, 0) is 0 Å². The van der Waals surface area contributed by atoms with Crippen LogP contribution in [0.3, 0.4) is 0 Å². The summed E-state index contributed by atoms with van der Waals surface area (Å²) in [5.41, 5.74) is 0. The second kappa shape index (κ2) is 7.54. The van der Waals surface area contributed by atoms with Crippen LogP contribution < -0.4 is 0 Å². The van der Waals surface area contributed by atoms with Crippen LogP contribution >= 0.6 is 0 Å². The minimum absolute atomic E-state index is 0.261. The Balaban J connectivity index is 1.65. The number of sulfone groups is 1. The van der Waals surface area contributed by atoms with Crippen LogP contribution in [0.5, 0.6) is 0 Å². The van der Waals surface area contributed by atoms with E-state index in [1.165, 1.54) is 0 Å². The Morgan fingerprint density at radius 1 is 0.737 bits per heavy atom. The Hall–Kier alpha value is -0.210. The van der Waals surface area contributed by atoms with Gasteiger partial charge < -0.3 is 9.47 Å². The normalized spacial score (nSPS) is 23.6.